The van der Waals surface area contributed by atoms with Crippen molar-refractivity contribution in [1.82, 2.24) is 19.9 Å². The van der Waals surface area contributed by atoms with Crippen molar-refractivity contribution in [3.8, 4) is 11.4 Å². The number of hydrogen-bond acceptors (Lipinski definition) is 6. The Morgan fingerprint density at radius 1 is 1.27 bits per heavy atom. The van der Waals surface area contributed by atoms with Crippen molar-refractivity contribution in [3.05, 3.63) is 53.3 Å². The molecule has 3 rings (SSSR count). The van der Waals surface area contributed by atoms with Crippen LogP contribution in [0.4, 0.5) is 5.69 Å². The fourth-order valence-electron chi connectivity index (χ4n) is 2.18. The molecular weight excluding hydrogens is 372 g/mol. The van der Waals surface area contributed by atoms with Gasteiger partial charge in [0.2, 0.25) is 11.1 Å². The number of benzene rings is 1. The molecule has 134 valence electrons. The molecule has 3 N–H and O–H groups in total. The number of rotatable bonds is 5. The average Bonchev–Trinajstić information content (AvgIpc) is 2.98. The molecule has 0 spiro atoms. The molecule has 1 aromatic carbocycles. The fourth-order valence-corrected chi connectivity index (χ4v) is 3.12. The van der Waals surface area contributed by atoms with Gasteiger partial charge in [0.05, 0.1) is 10.9 Å². The highest BCUT2D eigenvalue weighted by Gasteiger charge is 2.20. The van der Waals surface area contributed by atoms with Crippen LogP contribution in [-0.2, 0) is 4.79 Å². The number of carbonyl (C=O) groups excluding carboxylic acids is 1. The number of amides is 1. The topological polar surface area (TPSA) is 98.7 Å². The SMILES string of the molecule is Cc1ccc(-c2nnc(S[C@H](C)C(=O)Nc3cccnc3Cl)n2N)cc1. The van der Waals surface area contributed by atoms with Crippen LogP contribution in [0.15, 0.2) is 47.8 Å². The van der Waals surface area contributed by atoms with Gasteiger partial charge in [-0.15, -0.1) is 10.2 Å². The van der Waals surface area contributed by atoms with Crippen LogP contribution >= 0.6 is 23.4 Å². The average molecular weight is 389 g/mol. The van der Waals surface area contributed by atoms with E-state index in [1.165, 1.54) is 16.4 Å². The summed E-state index contributed by atoms with van der Waals surface area (Å²) in [7, 11) is 0. The molecule has 1 amide bonds. The van der Waals surface area contributed by atoms with Crippen LogP contribution in [-0.4, -0.2) is 31.0 Å². The monoisotopic (exact) mass is 388 g/mol. The minimum atomic E-state index is -0.455. The minimum absolute atomic E-state index is 0.232. The molecular formula is C17H17ClN6OS. The van der Waals surface area contributed by atoms with Crippen LogP contribution in [0.25, 0.3) is 11.4 Å². The van der Waals surface area contributed by atoms with E-state index in [1.807, 2.05) is 31.2 Å². The van der Waals surface area contributed by atoms with Gasteiger partial charge in [0.15, 0.2) is 11.0 Å². The fraction of sp³-hybridized carbons (Fsp3) is 0.176. The number of carbonyl (C=O) groups is 1. The third kappa shape index (κ3) is 3.97. The van der Waals surface area contributed by atoms with Crippen LogP contribution in [0.3, 0.4) is 0 Å². The minimum Gasteiger partial charge on any atom is -0.335 e. The van der Waals surface area contributed by atoms with Crippen LogP contribution in [0.1, 0.15) is 12.5 Å². The molecule has 2 heterocycles. The molecule has 0 aliphatic rings. The molecule has 9 heteroatoms. The highest BCUT2D eigenvalue weighted by atomic mass is 35.5. The Labute approximate surface area is 159 Å². The first-order valence-corrected chi connectivity index (χ1v) is 9.07. The van der Waals surface area contributed by atoms with E-state index in [4.69, 9.17) is 17.4 Å². The van der Waals surface area contributed by atoms with Gasteiger partial charge in [-0.2, -0.15) is 0 Å². The first-order valence-electron chi connectivity index (χ1n) is 7.81. The summed E-state index contributed by atoms with van der Waals surface area (Å²) in [5.74, 6) is 6.41. The van der Waals surface area contributed by atoms with Crippen LogP contribution < -0.4 is 11.2 Å². The van der Waals surface area contributed by atoms with Crippen molar-refractivity contribution >= 4 is 35.0 Å². The largest absolute Gasteiger partial charge is 0.335 e. The second kappa shape index (κ2) is 7.76. The number of nitrogens with two attached hydrogens (primary N) is 1. The highest BCUT2D eigenvalue weighted by Crippen LogP contribution is 2.26. The summed E-state index contributed by atoms with van der Waals surface area (Å²) in [6.07, 6.45) is 1.56. The predicted octanol–water partition coefficient (Wildman–Crippen LogP) is 3.14. The van der Waals surface area contributed by atoms with Crippen LogP contribution in [0.5, 0.6) is 0 Å². The van der Waals surface area contributed by atoms with E-state index in [0.717, 1.165) is 11.1 Å². The van der Waals surface area contributed by atoms with E-state index in [0.29, 0.717) is 16.7 Å². The lowest BCUT2D eigenvalue weighted by Crippen LogP contribution is -2.24. The van der Waals surface area contributed by atoms with Gasteiger partial charge in [-0.3, -0.25) is 4.79 Å². The molecule has 0 saturated heterocycles. The number of thioether (sulfide) groups is 1. The Bertz CT molecular complexity index is 927. The van der Waals surface area contributed by atoms with Gasteiger partial charge < -0.3 is 11.2 Å². The molecule has 0 bridgehead atoms. The molecule has 0 aliphatic carbocycles. The third-order valence-corrected chi connectivity index (χ3v) is 5.00. The summed E-state index contributed by atoms with van der Waals surface area (Å²) in [4.78, 5) is 16.3. The molecule has 0 unspecified atom stereocenters. The maximum absolute atomic E-state index is 12.4. The number of anilines is 1. The summed E-state index contributed by atoms with van der Waals surface area (Å²) in [5, 5.41) is 11.2. The molecule has 26 heavy (non-hydrogen) atoms. The molecule has 3 aromatic rings. The number of halogens is 1. The normalized spacial score (nSPS) is 12.0. The standard InChI is InChI=1S/C17H17ClN6OS/c1-10-5-7-12(8-6-10)15-22-23-17(24(15)19)26-11(2)16(25)21-13-4-3-9-20-14(13)18/h3-9,11H,19H2,1-2H3,(H,21,25)/t11-/m1/s1. The lowest BCUT2D eigenvalue weighted by atomic mass is 10.1. The van der Waals surface area contributed by atoms with Crippen LogP contribution in [0.2, 0.25) is 5.15 Å². The van der Waals surface area contributed by atoms with Gasteiger partial charge in [-0.25, -0.2) is 9.66 Å². The second-order valence-electron chi connectivity index (χ2n) is 5.63. The van der Waals surface area contributed by atoms with Crippen molar-refractivity contribution < 1.29 is 4.79 Å². The predicted molar refractivity (Wildman–Crippen MR) is 104 cm³/mol. The summed E-state index contributed by atoms with van der Waals surface area (Å²) in [6, 6.07) is 11.2. The van der Waals surface area contributed by atoms with E-state index >= 15 is 0 Å². The van der Waals surface area contributed by atoms with Gasteiger partial charge in [-0.05, 0) is 26.0 Å². The van der Waals surface area contributed by atoms with E-state index in [9.17, 15) is 4.79 Å². The van der Waals surface area contributed by atoms with E-state index in [1.54, 1.807) is 25.3 Å². The Balaban J connectivity index is 1.71. The van der Waals surface area contributed by atoms with E-state index in [2.05, 4.69) is 20.5 Å². The van der Waals surface area contributed by atoms with E-state index in [-0.39, 0.29) is 11.1 Å². The maximum atomic E-state index is 12.4. The molecule has 1 atom stereocenters. The van der Waals surface area contributed by atoms with Gasteiger partial charge in [-0.1, -0.05) is 53.2 Å². The van der Waals surface area contributed by atoms with Gasteiger partial charge in [0.1, 0.15) is 0 Å². The number of aryl methyl sites for hydroxylation is 1. The van der Waals surface area contributed by atoms with Gasteiger partial charge in [0.25, 0.3) is 0 Å². The number of hydrogen-bond donors (Lipinski definition) is 2. The third-order valence-electron chi connectivity index (χ3n) is 3.64. The first kappa shape index (κ1) is 18.2. The highest BCUT2D eigenvalue weighted by molar-refractivity contribution is 8.00. The molecule has 7 nitrogen and oxygen atoms in total. The lowest BCUT2D eigenvalue weighted by Gasteiger charge is -2.12. The number of nitrogens with one attached hydrogen (secondary N) is 1. The zero-order chi connectivity index (χ0) is 18.7. The maximum Gasteiger partial charge on any atom is 0.237 e. The number of nitrogen functional groups attached to an aromatic ring is 1. The van der Waals surface area contributed by atoms with Crippen LogP contribution in [0, 0.1) is 6.92 Å². The van der Waals surface area contributed by atoms with Gasteiger partial charge in [0, 0.05) is 11.8 Å². The number of pyridine rings is 1. The smallest absolute Gasteiger partial charge is 0.237 e. The summed E-state index contributed by atoms with van der Waals surface area (Å²) >= 11 is 7.17. The summed E-state index contributed by atoms with van der Waals surface area (Å²) in [5.41, 5.74) is 2.46. The zero-order valence-electron chi connectivity index (χ0n) is 14.2. The first-order chi connectivity index (χ1) is 12.5. The number of nitrogens with zero attached hydrogens (tertiary/aromatic N) is 4. The van der Waals surface area contributed by atoms with Crippen molar-refractivity contribution in [2.45, 2.75) is 24.3 Å². The van der Waals surface area contributed by atoms with Crippen molar-refractivity contribution in [2.24, 2.45) is 0 Å². The van der Waals surface area contributed by atoms with E-state index < -0.39 is 5.25 Å². The van der Waals surface area contributed by atoms with Crippen molar-refractivity contribution in [3.63, 3.8) is 0 Å². The Morgan fingerprint density at radius 3 is 2.69 bits per heavy atom. The quantitative estimate of drug-likeness (QED) is 0.396. The van der Waals surface area contributed by atoms with Gasteiger partial charge >= 0.3 is 0 Å². The van der Waals surface area contributed by atoms with Crippen molar-refractivity contribution in [1.29, 1.82) is 0 Å². The number of aromatic nitrogens is 4. The molecule has 0 radical (unpaired) electrons. The van der Waals surface area contributed by atoms with Crippen molar-refractivity contribution in [2.75, 3.05) is 11.2 Å². The molecule has 2 aromatic heterocycles. The zero-order valence-corrected chi connectivity index (χ0v) is 15.8. The lowest BCUT2D eigenvalue weighted by molar-refractivity contribution is -0.115. The molecule has 0 saturated carbocycles. The second-order valence-corrected chi connectivity index (χ2v) is 7.30. The summed E-state index contributed by atoms with van der Waals surface area (Å²) in [6.45, 7) is 3.76. The summed E-state index contributed by atoms with van der Waals surface area (Å²) < 4.78 is 1.39. The molecule has 0 fully saturated rings. The molecule has 0 aliphatic heterocycles. The Kier molecular flexibility index (Phi) is 5.43. The Morgan fingerprint density at radius 2 is 2.00 bits per heavy atom. The Hall–Kier alpha value is -2.58.